The molecule has 0 unspecified atom stereocenters. The number of aromatic carboxylic acids is 1. The lowest BCUT2D eigenvalue weighted by molar-refractivity contribution is 0.0693. The van der Waals surface area contributed by atoms with E-state index < -0.39 is 17.7 Å². The molecule has 4 rings (SSSR count). The lowest BCUT2D eigenvalue weighted by Crippen LogP contribution is -2.18. The third-order valence-electron chi connectivity index (χ3n) is 4.94. The molecular weight excluding hydrogens is 439 g/mol. The average molecular weight is 455 g/mol. The van der Waals surface area contributed by atoms with E-state index in [9.17, 15) is 19.1 Å². The van der Waals surface area contributed by atoms with Gasteiger partial charge in [-0.3, -0.25) is 4.79 Å². The van der Waals surface area contributed by atoms with Gasteiger partial charge < -0.3 is 19.6 Å². The van der Waals surface area contributed by atoms with Crippen molar-refractivity contribution in [1.29, 1.82) is 0 Å². The van der Waals surface area contributed by atoms with Gasteiger partial charge in [0.15, 0.2) is 0 Å². The number of carbonyl (C=O) groups is 2. The second-order valence-electron chi connectivity index (χ2n) is 6.79. The first-order valence-electron chi connectivity index (χ1n) is 9.36. The van der Waals surface area contributed by atoms with Gasteiger partial charge in [0.05, 0.1) is 18.1 Å². The number of methoxy groups -OCH3 is 1. The Morgan fingerprint density at radius 1 is 1.12 bits per heavy atom. The quantitative estimate of drug-likeness (QED) is 0.410. The minimum Gasteiger partial charge on any atom is -0.496 e. The number of furan rings is 1. The second-order valence-corrected chi connectivity index (χ2v) is 7.15. The van der Waals surface area contributed by atoms with Crippen molar-refractivity contribution in [3.05, 3.63) is 70.6 Å². The fraction of sp³-hybridized carbons (Fsp3) is 0.0870. The highest BCUT2D eigenvalue weighted by atomic mass is 35.5. The molecule has 0 atom stereocenters. The van der Waals surface area contributed by atoms with E-state index in [1.54, 1.807) is 12.1 Å². The maximum absolute atomic E-state index is 13.4. The van der Waals surface area contributed by atoms with E-state index in [-0.39, 0.29) is 33.5 Å². The van der Waals surface area contributed by atoms with Crippen LogP contribution < -0.4 is 10.1 Å². The smallest absolute Gasteiger partial charge is 0.339 e. The van der Waals surface area contributed by atoms with Gasteiger partial charge >= 0.3 is 5.97 Å². The number of hydrogen-bond donors (Lipinski definition) is 2. The standard InChI is InChI=1S/C23H16ClFN2O5/c1-26-21(28)18-16-10-14(12-5-8-17(31-2)15(9-12)23(29)30)20(24)27-22(16)32-19(18)11-3-6-13(25)7-4-11/h3-10H,1-2H3,(H,26,28)(H,29,30). The molecule has 0 bridgehead atoms. The summed E-state index contributed by atoms with van der Waals surface area (Å²) in [6.07, 6.45) is 0. The molecule has 1 amide bonds. The van der Waals surface area contributed by atoms with Crippen LogP contribution in [-0.4, -0.2) is 36.1 Å². The number of nitrogens with one attached hydrogen (secondary N) is 1. The first-order valence-corrected chi connectivity index (χ1v) is 9.74. The molecule has 7 nitrogen and oxygen atoms in total. The predicted molar refractivity (Wildman–Crippen MR) is 117 cm³/mol. The van der Waals surface area contributed by atoms with E-state index in [1.165, 1.54) is 50.6 Å². The first-order chi connectivity index (χ1) is 15.3. The monoisotopic (exact) mass is 454 g/mol. The molecule has 9 heteroatoms. The van der Waals surface area contributed by atoms with Crippen molar-refractivity contribution < 1.29 is 28.2 Å². The maximum Gasteiger partial charge on any atom is 0.339 e. The van der Waals surface area contributed by atoms with Crippen molar-refractivity contribution in [3.8, 4) is 28.2 Å². The molecule has 0 fully saturated rings. The van der Waals surface area contributed by atoms with Crippen LogP contribution in [0.3, 0.4) is 0 Å². The molecule has 0 aliphatic heterocycles. The zero-order valence-electron chi connectivity index (χ0n) is 16.9. The van der Waals surface area contributed by atoms with Crippen LogP contribution in [0.5, 0.6) is 5.75 Å². The molecule has 2 aromatic carbocycles. The fourth-order valence-corrected chi connectivity index (χ4v) is 3.64. The molecule has 2 N–H and O–H groups in total. The maximum atomic E-state index is 13.4. The van der Waals surface area contributed by atoms with E-state index in [0.29, 0.717) is 22.1 Å². The van der Waals surface area contributed by atoms with Crippen LogP contribution in [0.25, 0.3) is 33.6 Å². The number of halogens is 2. The number of pyridine rings is 1. The van der Waals surface area contributed by atoms with Gasteiger partial charge in [-0.15, -0.1) is 0 Å². The summed E-state index contributed by atoms with van der Waals surface area (Å²) in [5, 5.41) is 12.5. The second kappa shape index (κ2) is 8.32. The summed E-state index contributed by atoms with van der Waals surface area (Å²) >= 11 is 6.39. The number of hydrogen-bond acceptors (Lipinski definition) is 5. The largest absolute Gasteiger partial charge is 0.496 e. The highest BCUT2D eigenvalue weighted by molar-refractivity contribution is 6.32. The SMILES string of the molecule is CNC(=O)c1c(-c2ccc(F)cc2)oc2nc(Cl)c(-c3ccc(OC)c(C(=O)O)c3)cc12. The molecule has 0 saturated carbocycles. The lowest BCUT2D eigenvalue weighted by Gasteiger charge is -2.09. The average Bonchev–Trinajstić information content (AvgIpc) is 3.16. The summed E-state index contributed by atoms with van der Waals surface area (Å²) in [6, 6.07) is 11.7. The van der Waals surface area contributed by atoms with Crippen LogP contribution in [0, 0.1) is 5.82 Å². The van der Waals surface area contributed by atoms with Crippen molar-refractivity contribution in [2.45, 2.75) is 0 Å². The summed E-state index contributed by atoms with van der Waals surface area (Å²) in [7, 11) is 2.85. The highest BCUT2D eigenvalue weighted by Gasteiger charge is 2.24. The minimum absolute atomic E-state index is 0.0492. The van der Waals surface area contributed by atoms with Gasteiger partial charge in [-0.2, -0.15) is 0 Å². The molecule has 2 heterocycles. The molecule has 0 aliphatic rings. The normalized spacial score (nSPS) is 10.9. The molecular formula is C23H16ClFN2O5. The number of carbonyl (C=O) groups excluding carboxylic acids is 1. The van der Waals surface area contributed by atoms with E-state index >= 15 is 0 Å². The number of aromatic nitrogens is 1. The summed E-state index contributed by atoms with van der Waals surface area (Å²) in [6.45, 7) is 0. The van der Waals surface area contributed by atoms with E-state index in [1.807, 2.05) is 0 Å². The lowest BCUT2D eigenvalue weighted by atomic mass is 10.0. The molecule has 32 heavy (non-hydrogen) atoms. The molecule has 0 aliphatic carbocycles. The van der Waals surface area contributed by atoms with Crippen LogP contribution in [-0.2, 0) is 0 Å². The number of carboxylic acids is 1. The van der Waals surface area contributed by atoms with Gasteiger partial charge in [0, 0.05) is 18.2 Å². The predicted octanol–water partition coefficient (Wildman–Crippen LogP) is 5.02. The van der Waals surface area contributed by atoms with Crippen molar-refractivity contribution in [2.75, 3.05) is 14.2 Å². The Bertz CT molecular complexity index is 1370. The molecule has 0 radical (unpaired) electrons. The van der Waals surface area contributed by atoms with Crippen LogP contribution in [0.2, 0.25) is 5.15 Å². The van der Waals surface area contributed by atoms with Gasteiger partial charge in [0.1, 0.15) is 28.0 Å². The van der Waals surface area contributed by atoms with Crippen LogP contribution in [0.4, 0.5) is 4.39 Å². The first kappa shape index (κ1) is 21.3. The van der Waals surface area contributed by atoms with Crippen LogP contribution >= 0.6 is 11.6 Å². The summed E-state index contributed by atoms with van der Waals surface area (Å²) in [4.78, 5) is 28.6. The molecule has 4 aromatic rings. The number of fused-ring (bicyclic) bond motifs is 1. The van der Waals surface area contributed by atoms with Crippen LogP contribution in [0.15, 0.2) is 52.9 Å². The zero-order chi connectivity index (χ0) is 23.0. The van der Waals surface area contributed by atoms with Crippen LogP contribution in [0.1, 0.15) is 20.7 Å². The fourth-order valence-electron chi connectivity index (χ4n) is 3.40. The van der Waals surface area contributed by atoms with Crippen molar-refractivity contribution >= 4 is 34.6 Å². The Morgan fingerprint density at radius 2 is 1.81 bits per heavy atom. The summed E-state index contributed by atoms with van der Waals surface area (Å²) in [5.74, 6) is -1.62. The number of rotatable bonds is 5. The Morgan fingerprint density at radius 3 is 2.44 bits per heavy atom. The highest BCUT2D eigenvalue weighted by Crippen LogP contribution is 2.38. The van der Waals surface area contributed by atoms with Gasteiger partial charge in [0.2, 0.25) is 5.71 Å². The van der Waals surface area contributed by atoms with Gasteiger partial charge in [-0.05, 0) is 48.0 Å². The Kier molecular flexibility index (Phi) is 5.54. The van der Waals surface area contributed by atoms with Gasteiger partial charge in [-0.1, -0.05) is 17.7 Å². The number of benzene rings is 2. The van der Waals surface area contributed by atoms with E-state index in [4.69, 9.17) is 20.8 Å². The third-order valence-corrected chi connectivity index (χ3v) is 5.23. The Balaban J connectivity index is 1.97. The third kappa shape index (κ3) is 3.65. The zero-order valence-corrected chi connectivity index (χ0v) is 17.7. The molecule has 162 valence electrons. The van der Waals surface area contributed by atoms with Crippen molar-refractivity contribution in [1.82, 2.24) is 10.3 Å². The Labute approximate surface area is 186 Å². The topological polar surface area (TPSA) is 102 Å². The minimum atomic E-state index is -1.16. The summed E-state index contributed by atoms with van der Waals surface area (Å²) in [5.41, 5.74) is 1.62. The number of carboxylic acid groups (broad SMARTS) is 1. The van der Waals surface area contributed by atoms with Crippen molar-refractivity contribution in [3.63, 3.8) is 0 Å². The molecule has 0 spiro atoms. The molecule has 2 aromatic heterocycles. The number of ether oxygens (including phenoxy) is 1. The Hall–Kier alpha value is -3.91. The van der Waals surface area contributed by atoms with E-state index in [2.05, 4.69) is 10.3 Å². The van der Waals surface area contributed by atoms with E-state index in [0.717, 1.165) is 0 Å². The van der Waals surface area contributed by atoms with Gasteiger partial charge in [0.25, 0.3) is 5.91 Å². The number of nitrogens with zero attached hydrogens (tertiary/aromatic N) is 1. The number of amides is 1. The van der Waals surface area contributed by atoms with Crippen molar-refractivity contribution in [2.24, 2.45) is 0 Å². The molecule has 0 saturated heterocycles. The summed E-state index contributed by atoms with van der Waals surface area (Å²) < 4.78 is 24.3. The van der Waals surface area contributed by atoms with Gasteiger partial charge in [-0.25, -0.2) is 14.2 Å².